The Kier molecular flexibility index (Phi) is 3.85. The molecule has 3 heterocycles. The molecule has 1 amide bonds. The summed E-state index contributed by atoms with van der Waals surface area (Å²) < 4.78 is 7.56. The highest BCUT2D eigenvalue weighted by Gasteiger charge is 2.22. The molecule has 2 aromatic heterocycles. The van der Waals surface area contributed by atoms with Gasteiger partial charge in [0, 0.05) is 25.2 Å². The minimum absolute atomic E-state index is 0.0800. The van der Waals surface area contributed by atoms with Crippen molar-refractivity contribution in [1.82, 2.24) is 19.8 Å². The third-order valence-corrected chi connectivity index (χ3v) is 3.74. The Labute approximate surface area is 122 Å². The lowest BCUT2D eigenvalue weighted by Crippen LogP contribution is -2.25. The minimum Gasteiger partial charge on any atom is -0.356 e. The summed E-state index contributed by atoms with van der Waals surface area (Å²) in [5, 5.41) is 6.32. The van der Waals surface area contributed by atoms with E-state index < -0.39 is 0 Å². The number of aromatic nitrogens is 3. The van der Waals surface area contributed by atoms with Crippen molar-refractivity contribution >= 4 is 16.8 Å². The van der Waals surface area contributed by atoms with Crippen molar-refractivity contribution in [3.8, 4) is 0 Å². The van der Waals surface area contributed by atoms with Crippen LogP contribution < -0.4 is 0 Å². The average molecular weight is 290 g/mol. The molecular weight excluding hydrogens is 272 g/mol. The zero-order valence-corrected chi connectivity index (χ0v) is 12.2. The van der Waals surface area contributed by atoms with Crippen LogP contribution in [-0.4, -0.2) is 46.5 Å². The number of hydrogen-bond acceptors (Lipinski definition) is 5. The number of pyridine rings is 1. The molecule has 1 unspecified atom stereocenters. The second-order valence-electron chi connectivity index (χ2n) is 5.02. The van der Waals surface area contributed by atoms with E-state index in [1.54, 1.807) is 19.4 Å². The average Bonchev–Trinajstić information content (AvgIpc) is 2.98. The molecule has 7 heteroatoms. The molecule has 0 aromatic carbocycles. The third-order valence-electron chi connectivity index (χ3n) is 3.74. The smallest absolute Gasteiger partial charge is 0.279 e. The SMILES string of the molecule is CON(C)C(=O)c1cncc2c1cnn2C1CCCCO1. The van der Waals surface area contributed by atoms with E-state index in [2.05, 4.69) is 10.1 Å². The van der Waals surface area contributed by atoms with Gasteiger partial charge in [0.1, 0.15) is 0 Å². The molecule has 0 N–H and O–H groups in total. The van der Waals surface area contributed by atoms with Gasteiger partial charge < -0.3 is 4.74 Å². The number of rotatable bonds is 3. The van der Waals surface area contributed by atoms with E-state index in [4.69, 9.17) is 9.57 Å². The van der Waals surface area contributed by atoms with Crippen LogP contribution in [0.15, 0.2) is 18.6 Å². The van der Waals surface area contributed by atoms with Crippen LogP contribution in [0.1, 0.15) is 35.8 Å². The molecule has 0 radical (unpaired) electrons. The van der Waals surface area contributed by atoms with Crippen LogP contribution in [0.25, 0.3) is 10.9 Å². The van der Waals surface area contributed by atoms with Gasteiger partial charge in [-0.25, -0.2) is 9.75 Å². The van der Waals surface area contributed by atoms with Gasteiger partial charge in [-0.2, -0.15) is 5.10 Å². The lowest BCUT2D eigenvalue weighted by Gasteiger charge is -2.23. The van der Waals surface area contributed by atoms with Gasteiger partial charge in [0.05, 0.1) is 30.6 Å². The normalized spacial score (nSPS) is 18.9. The molecule has 112 valence electrons. The Balaban J connectivity index is 2.01. The van der Waals surface area contributed by atoms with Crippen molar-refractivity contribution < 1.29 is 14.4 Å². The van der Waals surface area contributed by atoms with Crippen LogP contribution in [0, 0.1) is 0 Å². The number of hydrogen-bond donors (Lipinski definition) is 0. The molecule has 2 aromatic rings. The molecule has 1 fully saturated rings. The van der Waals surface area contributed by atoms with E-state index >= 15 is 0 Å². The first-order chi connectivity index (χ1) is 10.2. The number of hydroxylamine groups is 2. The van der Waals surface area contributed by atoms with Gasteiger partial charge in [-0.3, -0.25) is 14.6 Å². The molecule has 0 spiro atoms. The van der Waals surface area contributed by atoms with E-state index in [9.17, 15) is 4.79 Å². The van der Waals surface area contributed by atoms with Gasteiger partial charge in [-0.05, 0) is 19.3 Å². The minimum atomic E-state index is -0.250. The first kappa shape index (κ1) is 14.0. The maximum absolute atomic E-state index is 12.3. The van der Waals surface area contributed by atoms with E-state index in [1.165, 1.54) is 18.4 Å². The summed E-state index contributed by atoms with van der Waals surface area (Å²) in [4.78, 5) is 21.4. The Morgan fingerprint density at radius 1 is 1.43 bits per heavy atom. The molecule has 1 aliphatic rings. The predicted molar refractivity (Wildman–Crippen MR) is 75.5 cm³/mol. The highest BCUT2D eigenvalue weighted by molar-refractivity contribution is 6.05. The molecule has 0 bridgehead atoms. The van der Waals surface area contributed by atoms with Crippen LogP contribution in [0.2, 0.25) is 0 Å². The summed E-state index contributed by atoms with van der Waals surface area (Å²) in [5.74, 6) is -0.250. The van der Waals surface area contributed by atoms with Crippen molar-refractivity contribution in [2.75, 3.05) is 20.8 Å². The molecule has 3 rings (SSSR count). The standard InChI is InChI=1S/C14H18N4O3/c1-17(20-2)14(19)11-7-15-9-12-10(11)8-16-18(12)13-5-3-4-6-21-13/h7-9,13H,3-6H2,1-2H3. The molecule has 1 saturated heterocycles. The number of ether oxygens (including phenoxy) is 1. The summed E-state index contributed by atoms with van der Waals surface area (Å²) in [6, 6.07) is 0. The fourth-order valence-electron chi connectivity index (χ4n) is 2.53. The molecule has 1 aliphatic heterocycles. The van der Waals surface area contributed by atoms with E-state index in [0.717, 1.165) is 36.8 Å². The maximum atomic E-state index is 12.3. The molecular formula is C14H18N4O3. The van der Waals surface area contributed by atoms with Crippen LogP contribution in [-0.2, 0) is 9.57 Å². The first-order valence-electron chi connectivity index (χ1n) is 6.97. The molecule has 1 atom stereocenters. The molecule has 21 heavy (non-hydrogen) atoms. The van der Waals surface area contributed by atoms with Crippen LogP contribution in [0.5, 0.6) is 0 Å². The highest BCUT2D eigenvalue weighted by atomic mass is 16.7. The van der Waals surface area contributed by atoms with Gasteiger partial charge in [-0.1, -0.05) is 0 Å². The zero-order chi connectivity index (χ0) is 14.8. The van der Waals surface area contributed by atoms with Gasteiger partial charge in [0.15, 0.2) is 6.23 Å². The van der Waals surface area contributed by atoms with E-state index in [1.807, 2.05) is 4.68 Å². The third kappa shape index (κ3) is 2.50. The topological polar surface area (TPSA) is 69.5 Å². The summed E-state index contributed by atoms with van der Waals surface area (Å²) in [7, 11) is 3.01. The summed E-state index contributed by atoms with van der Waals surface area (Å²) in [5.41, 5.74) is 1.27. The van der Waals surface area contributed by atoms with Crippen molar-refractivity contribution in [3.63, 3.8) is 0 Å². The van der Waals surface area contributed by atoms with Gasteiger partial charge in [0.25, 0.3) is 5.91 Å². The van der Waals surface area contributed by atoms with Crippen molar-refractivity contribution in [3.05, 3.63) is 24.2 Å². The molecule has 0 aliphatic carbocycles. The predicted octanol–water partition coefficient (Wildman–Crippen LogP) is 1.76. The highest BCUT2D eigenvalue weighted by Crippen LogP contribution is 2.27. The number of nitrogens with zero attached hydrogens (tertiary/aromatic N) is 4. The van der Waals surface area contributed by atoms with Crippen molar-refractivity contribution in [2.45, 2.75) is 25.5 Å². The summed E-state index contributed by atoms with van der Waals surface area (Å²) in [6.07, 6.45) is 7.97. The summed E-state index contributed by atoms with van der Waals surface area (Å²) >= 11 is 0. The number of carbonyl (C=O) groups excluding carboxylic acids is 1. The Morgan fingerprint density at radius 2 is 2.29 bits per heavy atom. The van der Waals surface area contributed by atoms with Crippen LogP contribution in [0.4, 0.5) is 0 Å². The zero-order valence-electron chi connectivity index (χ0n) is 12.2. The van der Waals surface area contributed by atoms with Gasteiger partial charge >= 0.3 is 0 Å². The summed E-state index contributed by atoms with van der Waals surface area (Å²) in [6.45, 7) is 0.741. The van der Waals surface area contributed by atoms with Crippen molar-refractivity contribution in [1.29, 1.82) is 0 Å². The second kappa shape index (κ2) is 5.79. The first-order valence-corrected chi connectivity index (χ1v) is 6.97. The maximum Gasteiger partial charge on any atom is 0.279 e. The van der Waals surface area contributed by atoms with Crippen LogP contribution in [0.3, 0.4) is 0 Å². The lowest BCUT2D eigenvalue weighted by atomic mass is 10.1. The largest absolute Gasteiger partial charge is 0.356 e. The van der Waals surface area contributed by atoms with Gasteiger partial charge in [0.2, 0.25) is 0 Å². The van der Waals surface area contributed by atoms with Crippen LogP contribution >= 0.6 is 0 Å². The Bertz CT molecular complexity index is 649. The number of amides is 1. The fraction of sp³-hybridized carbons (Fsp3) is 0.500. The quantitative estimate of drug-likeness (QED) is 0.806. The van der Waals surface area contributed by atoms with Gasteiger partial charge in [-0.15, -0.1) is 0 Å². The Morgan fingerprint density at radius 3 is 3.00 bits per heavy atom. The van der Waals surface area contributed by atoms with E-state index in [-0.39, 0.29) is 12.1 Å². The Hall–Kier alpha value is -1.99. The fourth-order valence-corrected chi connectivity index (χ4v) is 2.53. The molecule has 7 nitrogen and oxygen atoms in total. The number of carbonyl (C=O) groups is 1. The molecule has 0 saturated carbocycles. The van der Waals surface area contributed by atoms with E-state index in [0.29, 0.717) is 5.56 Å². The van der Waals surface area contributed by atoms with Crippen molar-refractivity contribution in [2.24, 2.45) is 0 Å². The lowest BCUT2D eigenvalue weighted by molar-refractivity contribution is -0.0756. The monoisotopic (exact) mass is 290 g/mol. The second-order valence-corrected chi connectivity index (χ2v) is 5.02. The number of fused-ring (bicyclic) bond motifs is 1.